The highest BCUT2D eigenvalue weighted by Crippen LogP contribution is 2.40. The Hall–Kier alpha value is -3.57. The molecule has 0 fully saturated rings. The van der Waals surface area contributed by atoms with Crippen LogP contribution in [-0.2, 0) is 10.0 Å². The molecule has 0 aliphatic carbocycles. The lowest BCUT2D eigenvalue weighted by molar-refractivity contribution is 0.324. The normalized spacial score (nSPS) is 10.9. The van der Waals surface area contributed by atoms with E-state index in [2.05, 4.69) is 20.6 Å². The molecule has 0 radical (unpaired) electrons. The molecule has 1 heterocycles. The molecule has 3 rings (SSSR count). The van der Waals surface area contributed by atoms with E-state index in [1.807, 2.05) is 0 Å². The van der Waals surface area contributed by atoms with E-state index in [1.54, 1.807) is 36.5 Å². The first-order valence-electron chi connectivity index (χ1n) is 8.64. The molecule has 3 aromatic rings. The van der Waals surface area contributed by atoms with Crippen LogP contribution >= 0.6 is 0 Å². The van der Waals surface area contributed by atoms with E-state index in [1.165, 1.54) is 33.5 Å². The van der Waals surface area contributed by atoms with Gasteiger partial charge in [0, 0.05) is 29.7 Å². The van der Waals surface area contributed by atoms with Gasteiger partial charge in [-0.3, -0.25) is 0 Å². The monoisotopic (exact) mass is 431 g/mol. The van der Waals surface area contributed by atoms with Crippen molar-refractivity contribution in [3.8, 4) is 17.2 Å². The molecule has 0 aliphatic rings. The first-order valence-corrected chi connectivity index (χ1v) is 10.2. The van der Waals surface area contributed by atoms with Gasteiger partial charge in [-0.1, -0.05) is 6.07 Å². The zero-order chi connectivity index (χ0) is 21.7. The van der Waals surface area contributed by atoms with Gasteiger partial charge < -0.3 is 24.8 Å². The van der Waals surface area contributed by atoms with Crippen LogP contribution in [0.15, 0.2) is 53.6 Å². The predicted octanol–water partition coefficient (Wildman–Crippen LogP) is 2.64. The molecule has 0 bridgehead atoms. The zero-order valence-electron chi connectivity index (χ0n) is 16.5. The summed E-state index contributed by atoms with van der Waals surface area (Å²) in [6.45, 7) is 0. The Labute approximate surface area is 174 Å². The third kappa shape index (κ3) is 4.88. The Balaban J connectivity index is 1.85. The second-order valence-electron chi connectivity index (χ2n) is 6.00. The molecule has 10 nitrogen and oxygen atoms in total. The smallest absolute Gasteiger partial charge is 0.238 e. The molecule has 158 valence electrons. The van der Waals surface area contributed by atoms with E-state index >= 15 is 0 Å². The van der Waals surface area contributed by atoms with Crippen molar-refractivity contribution in [3.05, 3.63) is 48.7 Å². The molecule has 11 heteroatoms. The predicted molar refractivity (Wildman–Crippen MR) is 113 cm³/mol. The van der Waals surface area contributed by atoms with Crippen molar-refractivity contribution in [2.24, 2.45) is 5.14 Å². The molecule has 0 saturated heterocycles. The van der Waals surface area contributed by atoms with Gasteiger partial charge in [0.25, 0.3) is 0 Å². The minimum Gasteiger partial charge on any atom is -0.493 e. The van der Waals surface area contributed by atoms with Crippen LogP contribution in [-0.4, -0.2) is 39.7 Å². The molecular formula is C19H21N5O5S. The van der Waals surface area contributed by atoms with Gasteiger partial charge in [0.2, 0.25) is 21.7 Å². The Kier molecular flexibility index (Phi) is 6.23. The highest BCUT2D eigenvalue weighted by molar-refractivity contribution is 7.89. The average molecular weight is 431 g/mol. The molecule has 1 aromatic heterocycles. The second-order valence-corrected chi connectivity index (χ2v) is 7.56. The van der Waals surface area contributed by atoms with E-state index in [0.717, 1.165) is 0 Å². The van der Waals surface area contributed by atoms with Gasteiger partial charge in [0.05, 0.1) is 26.2 Å². The number of nitrogens with zero attached hydrogens (tertiary/aromatic N) is 2. The van der Waals surface area contributed by atoms with Crippen molar-refractivity contribution in [1.82, 2.24) is 9.97 Å². The van der Waals surface area contributed by atoms with Crippen LogP contribution in [0.2, 0.25) is 0 Å². The van der Waals surface area contributed by atoms with Gasteiger partial charge in [-0.25, -0.2) is 18.5 Å². The highest BCUT2D eigenvalue weighted by atomic mass is 32.2. The minimum atomic E-state index is -3.80. The van der Waals surface area contributed by atoms with Crippen molar-refractivity contribution in [1.29, 1.82) is 0 Å². The van der Waals surface area contributed by atoms with Crippen LogP contribution in [0.4, 0.5) is 23.1 Å². The molecule has 0 unspecified atom stereocenters. The number of ether oxygens (including phenoxy) is 3. The van der Waals surface area contributed by atoms with E-state index in [0.29, 0.717) is 40.4 Å². The van der Waals surface area contributed by atoms with Crippen LogP contribution in [0.3, 0.4) is 0 Å². The van der Waals surface area contributed by atoms with Gasteiger partial charge in [-0.2, -0.15) is 4.98 Å². The second kappa shape index (κ2) is 8.84. The largest absolute Gasteiger partial charge is 0.493 e. The molecule has 30 heavy (non-hydrogen) atoms. The number of sulfonamides is 1. The molecule has 4 N–H and O–H groups in total. The SMILES string of the molecule is COc1cc(Nc2nccc(Nc3cccc(S(N)(=O)=O)c3)n2)cc(OC)c1OC. The number of benzene rings is 2. The van der Waals surface area contributed by atoms with Crippen molar-refractivity contribution in [2.75, 3.05) is 32.0 Å². The summed E-state index contributed by atoms with van der Waals surface area (Å²) in [6.07, 6.45) is 1.55. The van der Waals surface area contributed by atoms with Gasteiger partial charge in [0.15, 0.2) is 11.5 Å². The Morgan fingerprint density at radius 2 is 1.60 bits per heavy atom. The summed E-state index contributed by atoms with van der Waals surface area (Å²) in [6, 6.07) is 11.2. The van der Waals surface area contributed by atoms with Gasteiger partial charge in [-0.05, 0) is 24.3 Å². The number of rotatable bonds is 8. The van der Waals surface area contributed by atoms with Crippen LogP contribution < -0.4 is 30.0 Å². The molecule has 0 amide bonds. The molecule has 0 spiro atoms. The summed E-state index contributed by atoms with van der Waals surface area (Å²) in [4.78, 5) is 8.58. The number of primary sulfonamides is 1. The van der Waals surface area contributed by atoms with Gasteiger partial charge >= 0.3 is 0 Å². The number of hydrogen-bond acceptors (Lipinski definition) is 9. The summed E-state index contributed by atoms with van der Waals surface area (Å²) in [7, 11) is 0.771. The van der Waals surface area contributed by atoms with Crippen LogP contribution in [0.25, 0.3) is 0 Å². The number of methoxy groups -OCH3 is 3. The Morgan fingerprint density at radius 3 is 2.20 bits per heavy atom. The summed E-state index contributed by atoms with van der Waals surface area (Å²) in [5.41, 5.74) is 1.14. The summed E-state index contributed by atoms with van der Waals surface area (Å²) < 4.78 is 39.1. The van der Waals surface area contributed by atoms with Crippen LogP contribution in [0.1, 0.15) is 0 Å². The van der Waals surface area contributed by atoms with Crippen molar-refractivity contribution in [2.45, 2.75) is 4.90 Å². The van der Waals surface area contributed by atoms with Crippen LogP contribution in [0.5, 0.6) is 17.2 Å². The molecule has 0 aliphatic heterocycles. The summed E-state index contributed by atoms with van der Waals surface area (Å²) in [5, 5.41) is 11.3. The molecule has 0 saturated carbocycles. The minimum absolute atomic E-state index is 0.00247. The standard InChI is InChI=1S/C19H21N5O5S/c1-27-15-10-13(11-16(28-2)18(15)29-3)23-19-21-8-7-17(24-19)22-12-5-4-6-14(9-12)30(20,25)26/h4-11H,1-3H3,(H2,20,25,26)(H2,21,22,23,24). The fourth-order valence-electron chi connectivity index (χ4n) is 2.67. The zero-order valence-corrected chi connectivity index (χ0v) is 17.4. The van der Waals surface area contributed by atoms with Crippen molar-refractivity contribution in [3.63, 3.8) is 0 Å². The maximum Gasteiger partial charge on any atom is 0.238 e. The first-order chi connectivity index (χ1) is 14.3. The van der Waals surface area contributed by atoms with Gasteiger partial charge in [-0.15, -0.1) is 0 Å². The van der Waals surface area contributed by atoms with Gasteiger partial charge in [0.1, 0.15) is 5.82 Å². The highest BCUT2D eigenvalue weighted by Gasteiger charge is 2.14. The number of anilines is 4. The summed E-state index contributed by atoms with van der Waals surface area (Å²) in [5.74, 6) is 2.18. The quantitative estimate of drug-likeness (QED) is 0.491. The fourth-order valence-corrected chi connectivity index (χ4v) is 3.23. The maximum atomic E-state index is 11.5. The lowest BCUT2D eigenvalue weighted by Crippen LogP contribution is -2.12. The third-order valence-electron chi connectivity index (χ3n) is 4.01. The molecule has 2 aromatic carbocycles. The van der Waals surface area contributed by atoms with Crippen molar-refractivity contribution < 1.29 is 22.6 Å². The lowest BCUT2D eigenvalue weighted by atomic mass is 10.2. The third-order valence-corrected chi connectivity index (χ3v) is 4.92. The lowest BCUT2D eigenvalue weighted by Gasteiger charge is -2.15. The van der Waals surface area contributed by atoms with E-state index in [4.69, 9.17) is 19.3 Å². The number of hydrogen-bond donors (Lipinski definition) is 3. The number of nitrogens with two attached hydrogens (primary N) is 1. The number of nitrogens with one attached hydrogen (secondary N) is 2. The Morgan fingerprint density at radius 1 is 0.900 bits per heavy atom. The molecular weight excluding hydrogens is 410 g/mol. The molecule has 0 atom stereocenters. The average Bonchev–Trinajstić information content (AvgIpc) is 2.72. The first kappa shape index (κ1) is 21.1. The van der Waals surface area contributed by atoms with E-state index in [-0.39, 0.29) is 4.90 Å². The van der Waals surface area contributed by atoms with E-state index < -0.39 is 10.0 Å². The number of aromatic nitrogens is 2. The summed E-state index contributed by atoms with van der Waals surface area (Å²) >= 11 is 0. The maximum absolute atomic E-state index is 11.5. The Bertz CT molecular complexity index is 1130. The van der Waals surface area contributed by atoms with Crippen molar-refractivity contribution >= 4 is 33.2 Å². The van der Waals surface area contributed by atoms with Crippen LogP contribution in [0, 0.1) is 0 Å². The topological polar surface area (TPSA) is 138 Å². The fraction of sp³-hybridized carbons (Fsp3) is 0.158. The van der Waals surface area contributed by atoms with E-state index in [9.17, 15) is 8.42 Å².